The van der Waals surface area contributed by atoms with Gasteiger partial charge in [0.25, 0.3) is 0 Å². The van der Waals surface area contributed by atoms with Gasteiger partial charge in [0.1, 0.15) is 11.3 Å². The zero-order valence-electron chi connectivity index (χ0n) is 15.7. The number of benzene rings is 2. The van der Waals surface area contributed by atoms with Crippen LogP contribution in [0.1, 0.15) is 17.7 Å². The molecule has 1 atom stereocenters. The largest absolute Gasteiger partial charge is 0.506 e. The van der Waals surface area contributed by atoms with Crippen molar-refractivity contribution in [1.82, 2.24) is 10.3 Å². The van der Waals surface area contributed by atoms with Crippen LogP contribution in [0.25, 0.3) is 23.1 Å². The number of rotatable bonds is 4. The van der Waals surface area contributed by atoms with Crippen molar-refractivity contribution in [2.75, 3.05) is 18.4 Å². The van der Waals surface area contributed by atoms with Crippen molar-refractivity contribution in [3.8, 4) is 5.75 Å². The lowest BCUT2D eigenvalue weighted by atomic mass is 10.1. The number of carbonyl (C=O) groups is 1. The SMILES string of the molecule is Cl.Cl.O=C(Nc1ccccc1C=Cc1ccc2cccc(O)c2n1)C1CCNC1. The van der Waals surface area contributed by atoms with E-state index in [-0.39, 0.29) is 42.4 Å². The molecule has 1 saturated heterocycles. The molecule has 3 aromatic rings. The van der Waals surface area contributed by atoms with Crippen LogP contribution in [0.5, 0.6) is 5.75 Å². The molecule has 1 unspecified atom stereocenters. The molecule has 1 aromatic heterocycles. The highest BCUT2D eigenvalue weighted by Gasteiger charge is 2.22. The van der Waals surface area contributed by atoms with E-state index in [0.717, 1.165) is 41.8 Å². The number of phenols is 1. The Labute approximate surface area is 182 Å². The number of nitrogens with zero attached hydrogens (tertiary/aromatic N) is 1. The first kappa shape index (κ1) is 22.7. The first-order valence-electron chi connectivity index (χ1n) is 9.08. The van der Waals surface area contributed by atoms with Crippen LogP contribution >= 0.6 is 24.8 Å². The first-order valence-corrected chi connectivity index (χ1v) is 9.08. The highest BCUT2D eigenvalue weighted by Crippen LogP contribution is 2.24. The number of aromatic hydroxyl groups is 1. The number of hydrogen-bond donors (Lipinski definition) is 3. The molecular formula is C22H23Cl2N3O2. The molecule has 4 rings (SSSR count). The predicted octanol–water partition coefficient (Wildman–Crippen LogP) is 4.50. The number of phenolic OH excluding ortho intramolecular Hbond substituents is 1. The van der Waals surface area contributed by atoms with Crippen molar-refractivity contribution >= 4 is 59.5 Å². The van der Waals surface area contributed by atoms with E-state index >= 15 is 0 Å². The van der Waals surface area contributed by atoms with Crippen molar-refractivity contribution in [3.05, 3.63) is 65.9 Å². The molecule has 0 saturated carbocycles. The van der Waals surface area contributed by atoms with Crippen LogP contribution in [0.2, 0.25) is 0 Å². The van der Waals surface area contributed by atoms with Crippen molar-refractivity contribution in [2.24, 2.45) is 5.92 Å². The summed E-state index contributed by atoms with van der Waals surface area (Å²) in [6, 6.07) is 16.9. The van der Waals surface area contributed by atoms with Crippen LogP contribution in [0, 0.1) is 5.92 Å². The number of anilines is 1. The third kappa shape index (κ3) is 5.26. The smallest absolute Gasteiger partial charge is 0.228 e. The molecule has 1 amide bonds. The average molecular weight is 432 g/mol. The van der Waals surface area contributed by atoms with Gasteiger partial charge in [-0.25, -0.2) is 4.98 Å². The Kier molecular flexibility index (Phi) is 8.02. The molecule has 0 bridgehead atoms. The van der Waals surface area contributed by atoms with Gasteiger partial charge in [-0.3, -0.25) is 4.79 Å². The number of fused-ring (bicyclic) bond motifs is 1. The summed E-state index contributed by atoms with van der Waals surface area (Å²) in [6.07, 6.45) is 4.68. The van der Waals surface area contributed by atoms with E-state index < -0.39 is 0 Å². The molecule has 1 aliphatic rings. The quantitative estimate of drug-likeness (QED) is 0.568. The summed E-state index contributed by atoms with van der Waals surface area (Å²) in [5.74, 6) is 0.238. The van der Waals surface area contributed by atoms with Crippen LogP contribution in [0.15, 0.2) is 54.6 Å². The zero-order valence-corrected chi connectivity index (χ0v) is 17.3. The molecule has 152 valence electrons. The van der Waals surface area contributed by atoms with Gasteiger partial charge in [-0.1, -0.05) is 42.5 Å². The third-order valence-corrected chi connectivity index (χ3v) is 4.80. The van der Waals surface area contributed by atoms with Gasteiger partial charge in [-0.15, -0.1) is 24.8 Å². The second-order valence-electron chi connectivity index (χ2n) is 6.68. The fourth-order valence-electron chi connectivity index (χ4n) is 3.28. The third-order valence-electron chi connectivity index (χ3n) is 4.80. The number of carbonyl (C=O) groups excluding carboxylic acids is 1. The molecule has 0 radical (unpaired) electrons. The van der Waals surface area contributed by atoms with Gasteiger partial charge >= 0.3 is 0 Å². The summed E-state index contributed by atoms with van der Waals surface area (Å²) in [6.45, 7) is 1.62. The summed E-state index contributed by atoms with van der Waals surface area (Å²) in [4.78, 5) is 16.9. The van der Waals surface area contributed by atoms with Crippen LogP contribution in [-0.4, -0.2) is 29.1 Å². The Hall–Kier alpha value is -2.60. The standard InChI is InChI=1S/C22H21N3O2.2ClH/c26-20-7-3-5-16-9-11-18(24-21(16)20)10-8-15-4-1-2-6-19(15)25-22(27)17-12-13-23-14-17;;/h1-11,17,23,26H,12-14H2,(H,25,27);2*1H. The second kappa shape index (κ2) is 10.3. The summed E-state index contributed by atoms with van der Waals surface area (Å²) < 4.78 is 0. The fraction of sp³-hybridized carbons (Fsp3) is 0.182. The van der Waals surface area contributed by atoms with E-state index in [2.05, 4.69) is 15.6 Å². The molecule has 5 nitrogen and oxygen atoms in total. The zero-order chi connectivity index (χ0) is 18.6. The van der Waals surface area contributed by atoms with Crippen molar-refractivity contribution in [3.63, 3.8) is 0 Å². The summed E-state index contributed by atoms with van der Waals surface area (Å²) in [5.41, 5.74) is 3.02. The molecule has 1 fully saturated rings. The summed E-state index contributed by atoms with van der Waals surface area (Å²) in [5, 5.41) is 17.1. The number of hydrogen-bond acceptors (Lipinski definition) is 4. The van der Waals surface area contributed by atoms with Crippen LogP contribution in [0.3, 0.4) is 0 Å². The molecule has 0 spiro atoms. The van der Waals surface area contributed by atoms with Gasteiger partial charge in [-0.05, 0) is 42.8 Å². The van der Waals surface area contributed by atoms with E-state index in [4.69, 9.17) is 0 Å². The lowest BCUT2D eigenvalue weighted by Crippen LogP contribution is -2.24. The first-order chi connectivity index (χ1) is 13.2. The summed E-state index contributed by atoms with van der Waals surface area (Å²) >= 11 is 0. The monoisotopic (exact) mass is 431 g/mol. The van der Waals surface area contributed by atoms with Gasteiger partial charge in [0.15, 0.2) is 0 Å². The Morgan fingerprint density at radius 3 is 2.69 bits per heavy atom. The van der Waals surface area contributed by atoms with E-state index in [1.54, 1.807) is 12.1 Å². The van der Waals surface area contributed by atoms with Crippen molar-refractivity contribution in [1.29, 1.82) is 0 Å². The predicted molar refractivity (Wildman–Crippen MR) is 123 cm³/mol. The maximum Gasteiger partial charge on any atom is 0.228 e. The van der Waals surface area contributed by atoms with E-state index in [0.29, 0.717) is 5.52 Å². The normalized spacial score (nSPS) is 15.7. The van der Waals surface area contributed by atoms with Gasteiger partial charge in [0.05, 0.1) is 11.6 Å². The highest BCUT2D eigenvalue weighted by atomic mass is 35.5. The van der Waals surface area contributed by atoms with Gasteiger partial charge in [0, 0.05) is 17.6 Å². The average Bonchev–Trinajstić information content (AvgIpc) is 3.23. The Bertz CT molecular complexity index is 1020. The number of aromatic nitrogens is 1. The van der Waals surface area contributed by atoms with Gasteiger partial charge in [0.2, 0.25) is 5.91 Å². The Balaban J connectivity index is 0.00000150. The van der Waals surface area contributed by atoms with Crippen LogP contribution in [-0.2, 0) is 4.79 Å². The highest BCUT2D eigenvalue weighted by molar-refractivity contribution is 5.95. The number of halogens is 2. The minimum absolute atomic E-state index is 0. The van der Waals surface area contributed by atoms with E-state index in [1.165, 1.54) is 0 Å². The number of amides is 1. The number of nitrogens with one attached hydrogen (secondary N) is 2. The van der Waals surface area contributed by atoms with Crippen LogP contribution < -0.4 is 10.6 Å². The van der Waals surface area contributed by atoms with E-state index in [9.17, 15) is 9.90 Å². The lowest BCUT2D eigenvalue weighted by molar-refractivity contribution is -0.119. The van der Waals surface area contributed by atoms with Crippen molar-refractivity contribution < 1.29 is 9.90 Å². The maximum atomic E-state index is 12.4. The number of para-hydroxylation sites is 2. The molecule has 1 aliphatic heterocycles. The molecule has 3 N–H and O–H groups in total. The molecule has 29 heavy (non-hydrogen) atoms. The van der Waals surface area contributed by atoms with Crippen molar-refractivity contribution in [2.45, 2.75) is 6.42 Å². The van der Waals surface area contributed by atoms with Crippen LogP contribution in [0.4, 0.5) is 5.69 Å². The molecule has 2 heterocycles. The van der Waals surface area contributed by atoms with E-state index in [1.807, 2.05) is 54.6 Å². The summed E-state index contributed by atoms with van der Waals surface area (Å²) in [7, 11) is 0. The second-order valence-corrected chi connectivity index (χ2v) is 6.68. The number of pyridine rings is 1. The topological polar surface area (TPSA) is 74.2 Å². The Morgan fingerprint density at radius 2 is 1.90 bits per heavy atom. The molecule has 2 aromatic carbocycles. The minimum atomic E-state index is 0. The molecule has 0 aliphatic carbocycles. The Morgan fingerprint density at radius 1 is 1.07 bits per heavy atom. The molecule has 7 heteroatoms. The maximum absolute atomic E-state index is 12.4. The lowest BCUT2D eigenvalue weighted by Gasteiger charge is -2.12. The fourth-order valence-corrected chi connectivity index (χ4v) is 3.28. The van der Waals surface area contributed by atoms with Gasteiger partial charge in [-0.2, -0.15) is 0 Å². The minimum Gasteiger partial charge on any atom is -0.506 e. The van der Waals surface area contributed by atoms with Gasteiger partial charge < -0.3 is 15.7 Å². The molecular weight excluding hydrogens is 409 g/mol.